The number of rotatable bonds is 3. The van der Waals surface area contributed by atoms with Gasteiger partial charge in [0.15, 0.2) is 0 Å². The molecule has 0 atom stereocenters. The van der Waals surface area contributed by atoms with Gasteiger partial charge in [0.1, 0.15) is 5.60 Å². The van der Waals surface area contributed by atoms with Crippen LogP contribution in [-0.2, 0) is 16.1 Å². The Kier molecular flexibility index (Phi) is 5.32. The van der Waals surface area contributed by atoms with Gasteiger partial charge in [-0.15, -0.1) is 0 Å². The fourth-order valence-corrected chi connectivity index (χ4v) is 1.68. The normalized spacial score (nSPS) is 11.0. The van der Waals surface area contributed by atoms with Gasteiger partial charge in [-0.1, -0.05) is 6.07 Å². The van der Waals surface area contributed by atoms with E-state index in [1.807, 2.05) is 0 Å². The van der Waals surface area contributed by atoms with Crippen molar-refractivity contribution in [3.8, 4) is 0 Å². The Morgan fingerprint density at radius 3 is 2.38 bits per heavy atom. The van der Waals surface area contributed by atoms with Crippen molar-refractivity contribution in [3.63, 3.8) is 0 Å². The zero-order chi connectivity index (χ0) is 16.2. The van der Waals surface area contributed by atoms with Crippen LogP contribution in [0.3, 0.4) is 0 Å². The number of ether oxygens (including phenoxy) is 2. The average molecular weight is 295 g/mol. The van der Waals surface area contributed by atoms with Crippen molar-refractivity contribution >= 4 is 17.7 Å². The molecule has 0 heterocycles. The van der Waals surface area contributed by atoms with Crippen LogP contribution in [0.25, 0.3) is 0 Å². The molecular formula is C15H21NO5. The van der Waals surface area contributed by atoms with E-state index >= 15 is 0 Å². The lowest BCUT2D eigenvalue weighted by atomic mass is 10.1. The SMILES string of the molecule is COC(=O)c1ccc(CO)c(N(C)C(=O)OC(C)(C)C)c1. The summed E-state index contributed by atoms with van der Waals surface area (Å²) < 4.78 is 9.92. The van der Waals surface area contributed by atoms with Crippen molar-refractivity contribution in [2.45, 2.75) is 33.0 Å². The first-order valence-electron chi connectivity index (χ1n) is 6.48. The summed E-state index contributed by atoms with van der Waals surface area (Å²) in [6.45, 7) is 5.02. The molecule has 0 saturated carbocycles. The lowest BCUT2D eigenvalue weighted by molar-refractivity contribution is 0.0579. The quantitative estimate of drug-likeness (QED) is 0.866. The number of anilines is 1. The smallest absolute Gasteiger partial charge is 0.414 e. The molecule has 0 aliphatic rings. The predicted octanol–water partition coefficient (Wildman–Crippen LogP) is 2.34. The maximum atomic E-state index is 12.1. The zero-order valence-electron chi connectivity index (χ0n) is 13.0. The summed E-state index contributed by atoms with van der Waals surface area (Å²) in [5.41, 5.74) is 0.566. The number of methoxy groups -OCH3 is 1. The molecule has 6 heteroatoms. The van der Waals surface area contributed by atoms with E-state index in [2.05, 4.69) is 4.74 Å². The number of benzene rings is 1. The third-order valence-electron chi connectivity index (χ3n) is 2.71. The lowest BCUT2D eigenvalue weighted by Gasteiger charge is -2.26. The number of aliphatic hydroxyl groups is 1. The summed E-state index contributed by atoms with van der Waals surface area (Å²) in [5, 5.41) is 9.37. The number of esters is 1. The van der Waals surface area contributed by atoms with E-state index in [9.17, 15) is 14.7 Å². The van der Waals surface area contributed by atoms with Crippen molar-refractivity contribution in [3.05, 3.63) is 29.3 Å². The molecule has 1 aromatic rings. The monoisotopic (exact) mass is 295 g/mol. The van der Waals surface area contributed by atoms with Crippen LogP contribution in [-0.4, -0.2) is 36.9 Å². The highest BCUT2D eigenvalue weighted by Gasteiger charge is 2.23. The van der Waals surface area contributed by atoms with Crippen molar-refractivity contribution in [1.29, 1.82) is 0 Å². The highest BCUT2D eigenvalue weighted by atomic mass is 16.6. The molecule has 1 N–H and O–H groups in total. The van der Waals surface area contributed by atoms with Crippen molar-refractivity contribution in [2.75, 3.05) is 19.1 Å². The van der Waals surface area contributed by atoms with E-state index in [0.29, 0.717) is 16.8 Å². The van der Waals surface area contributed by atoms with Gasteiger partial charge in [-0.25, -0.2) is 9.59 Å². The number of carbonyl (C=O) groups is 2. The third-order valence-corrected chi connectivity index (χ3v) is 2.71. The van der Waals surface area contributed by atoms with Crippen molar-refractivity contribution < 1.29 is 24.2 Å². The molecule has 0 aliphatic heterocycles. The molecule has 6 nitrogen and oxygen atoms in total. The van der Waals surface area contributed by atoms with Gasteiger partial charge in [0.2, 0.25) is 0 Å². The number of amides is 1. The minimum Gasteiger partial charge on any atom is -0.465 e. The van der Waals surface area contributed by atoms with E-state index in [-0.39, 0.29) is 6.61 Å². The zero-order valence-corrected chi connectivity index (χ0v) is 13.0. The summed E-state index contributed by atoms with van der Waals surface area (Å²) in [5.74, 6) is -0.515. The molecule has 0 saturated heterocycles. The minimum atomic E-state index is -0.634. The molecule has 0 spiro atoms. The Hall–Kier alpha value is -2.08. The maximum absolute atomic E-state index is 12.1. The van der Waals surface area contributed by atoms with Gasteiger partial charge < -0.3 is 14.6 Å². The molecule has 0 bridgehead atoms. The van der Waals surface area contributed by atoms with E-state index in [1.54, 1.807) is 26.8 Å². The van der Waals surface area contributed by atoms with E-state index in [4.69, 9.17) is 4.74 Å². The highest BCUT2D eigenvalue weighted by Crippen LogP contribution is 2.24. The third kappa shape index (κ3) is 4.46. The summed E-state index contributed by atoms with van der Waals surface area (Å²) >= 11 is 0. The molecule has 1 aromatic carbocycles. The van der Waals surface area contributed by atoms with Gasteiger partial charge in [0, 0.05) is 12.6 Å². The number of hydrogen-bond acceptors (Lipinski definition) is 5. The second kappa shape index (κ2) is 6.58. The van der Waals surface area contributed by atoms with Crippen LogP contribution in [0, 0.1) is 0 Å². The molecule has 0 fully saturated rings. The van der Waals surface area contributed by atoms with Gasteiger partial charge in [-0.05, 0) is 32.9 Å². The molecule has 0 aliphatic carbocycles. The summed E-state index contributed by atoms with van der Waals surface area (Å²) in [6.07, 6.45) is -0.570. The largest absolute Gasteiger partial charge is 0.465 e. The minimum absolute atomic E-state index is 0.260. The fourth-order valence-electron chi connectivity index (χ4n) is 1.68. The topological polar surface area (TPSA) is 76.1 Å². The van der Waals surface area contributed by atoms with Crippen LogP contribution in [0.1, 0.15) is 36.7 Å². The van der Waals surface area contributed by atoms with Crippen LogP contribution in [0.4, 0.5) is 10.5 Å². The van der Waals surface area contributed by atoms with Crippen LogP contribution in [0.5, 0.6) is 0 Å². The van der Waals surface area contributed by atoms with E-state index in [0.717, 1.165) is 0 Å². The summed E-state index contributed by atoms with van der Waals surface area (Å²) in [4.78, 5) is 24.9. The fraction of sp³-hybridized carbons (Fsp3) is 0.467. The summed E-state index contributed by atoms with van der Waals surface area (Å²) in [7, 11) is 2.79. The number of hydrogen-bond donors (Lipinski definition) is 1. The van der Waals surface area contributed by atoms with Crippen LogP contribution >= 0.6 is 0 Å². The van der Waals surface area contributed by atoms with Gasteiger partial charge in [0.25, 0.3) is 0 Å². The summed E-state index contributed by atoms with van der Waals surface area (Å²) in [6, 6.07) is 4.59. The van der Waals surface area contributed by atoms with E-state index < -0.39 is 17.7 Å². The number of nitrogens with zero attached hydrogens (tertiary/aromatic N) is 1. The van der Waals surface area contributed by atoms with Gasteiger partial charge in [0.05, 0.1) is 25.0 Å². The first kappa shape index (κ1) is 17.0. The van der Waals surface area contributed by atoms with Gasteiger partial charge in [-0.3, -0.25) is 4.90 Å². The van der Waals surface area contributed by atoms with E-state index in [1.165, 1.54) is 31.2 Å². The van der Waals surface area contributed by atoms with Crippen LogP contribution in [0.15, 0.2) is 18.2 Å². The molecule has 116 valence electrons. The molecule has 0 aromatic heterocycles. The molecule has 0 unspecified atom stereocenters. The standard InChI is InChI=1S/C15H21NO5/c1-15(2,3)21-14(19)16(4)12-8-10(13(18)20-5)6-7-11(12)9-17/h6-8,17H,9H2,1-5H3. The predicted molar refractivity (Wildman–Crippen MR) is 78.3 cm³/mol. The Morgan fingerprint density at radius 1 is 1.29 bits per heavy atom. The Bertz CT molecular complexity index is 533. The number of aliphatic hydroxyl groups excluding tert-OH is 1. The molecule has 1 rings (SSSR count). The van der Waals surface area contributed by atoms with Crippen molar-refractivity contribution in [1.82, 2.24) is 0 Å². The molecular weight excluding hydrogens is 274 g/mol. The van der Waals surface area contributed by atoms with Gasteiger partial charge in [-0.2, -0.15) is 0 Å². The second-order valence-corrected chi connectivity index (χ2v) is 5.53. The molecule has 21 heavy (non-hydrogen) atoms. The maximum Gasteiger partial charge on any atom is 0.414 e. The number of carbonyl (C=O) groups excluding carboxylic acids is 2. The first-order chi connectivity index (χ1) is 9.69. The average Bonchev–Trinajstić information content (AvgIpc) is 2.43. The Morgan fingerprint density at radius 2 is 1.90 bits per heavy atom. The highest BCUT2D eigenvalue weighted by molar-refractivity contribution is 5.94. The van der Waals surface area contributed by atoms with Crippen LogP contribution in [0.2, 0.25) is 0 Å². The Balaban J connectivity index is 3.14. The Labute approximate surface area is 124 Å². The van der Waals surface area contributed by atoms with Crippen molar-refractivity contribution in [2.24, 2.45) is 0 Å². The molecule has 0 radical (unpaired) electrons. The molecule has 1 amide bonds. The van der Waals surface area contributed by atoms with Crippen LogP contribution < -0.4 is 4.90 Å². The van der Waals surface area contributed by atoms with Gasteiger partial charge >= 0.3 is 12.1 Å². The first-order valence-corrected chi connectivity index (χ1v) is 6.48. The lowest BCUT2D eigenvalue weighted by Crippen LogP contribution is -2.34. The second-order valence-electron chi connectivity index (χ2n) is 5.53.